The summed E-state index contributed by atoms with van der Waals surface area (Å²) in [6.07, 6.45) is 6.75. The average molecular weight is 378 g/mol. The maximum atomic E-state index is 12.4. The molecule has 1 amide bonds. The Bertz CT molecular complexity index is 621. The van der Waals surface area contributed by atoms with Crippen molar-refractivity contribution in [1.82, 2.24) is 5.32 Å². The van der Waals surface area contributed by atoms with Crippen LogP contribution in [0.15, 0.2) is 0 Å². The van der Waals surface area contributed by atoms with Crippen LogP contribution in [0, 0.1) is 34.5 Å². The second-order valence-corrected chi connectivity index (χ2v) is 10.1. The van der Waals surface area contributed by atoms with Crippen LogP contribution in [-0.2, 0) is 14.3 Å². The molecule has 4 rings (SSSR count). The molecule has 0 aromatic carbocycles. The zero-order valence-corrected chi connectivity index (χ0v) is 17.0. The van der Waals surface area contributed by atoms with Gasteiger partial charge in [0.25, 0.3) is 0 Å². The second-order valence-electron chi connectivity index (χ2n) is 10.1. The molecule has 3 saturated carbocycles. The first-order valence-corrected chi connectivity index (χ1v) is 10.9. The zero-order chi connectivity index (χ0) is 19.4. The molecule has 1 aliphatic heterocycles. The summed E-state index contributed by atoms with van der Waals surface area (Å²) in [6.45, 7) is 6.90. The molecule has 2 N–H and O–H groups in total. The summed E-state index contributed by atoms with van der Waals surface area (Å²) in [4.78, 5) is 24.5. The van der Waals surface area contributed by atoms with Crippen LogP contribution in [0.3, 0.4) is 0 Å². The molecule has 0 spiro atoms. The van der Waals surface area contributed by atoms with Gasteiger partial charge in [-0.25, -0.2) is 0 Å². The minimum Gasteiger partial charge on any atom is -0.466 e. The Morgan fingerprint density at radius 1 is 1.19 bits per heavy atom. The van der Waals surface area contributed by atoms with Crippen molar-refractivity contribution < 1.29 is 19.4 Å². The first-order valence-electron chi connectivity index (χ1n) is 10.9. The van der Waals surface area contributed by atoms with Crippen LogP contribution in [0.25, 0.3) is 0 Å². The lowest BCUT2D eigenvalue weighted by Crippen LogP contribution is -2.63. The number of carbonyl (C=O) groups is 2. The number of aliphatic hydroxyl groups is 1. The molecule has 1 heterocycles. The summed E-state index contributed by atoms with van der Waals surface area (Å²) in [7, 11) is 0. The van der Waals surface area contributed by atoms with Crippen molar-refractivity contribution in [2.75, 3.05) is 6.61 Å². The van der Waals surface area contributed by atoms with Crippen LogP contribution in [0.2, 0.25) is 0 Å². The van der Waals surface area contributed by atoms with Gasteiger partial charge in [-0.2, -0.15) is 0 Å². The number of ether oxygens (including phenoxy) is 1. The van der Waals surface area contributed by atoms with Crippen LogP contribution in [0.5, 0.6) is 0 Å². The summed E-state index contributed by atoms with van der Waals surface area (Å²) in [6, 6.07) is 0.162. The van der Waals surface area contributed by atoms with E-state index in [-0.39, 0.29) is 40.8 Å². The number of hydrogen-bond donors (Lipinski definition) is 2. The Morgan fingerprint density at radius 3 is 2.67 bits per heavy atom. The molecule has 27 heavy (non-hydrogen) atoms. The molecule has 0 bridgehead atoms. The number of nitrogens with one attached hydrogen (secondary N) is 1. The third kappa shape index (κ3) is 2.92. The minimum absolute atomic E-state index is 0.0187. The average Bonchev–Trinajstić information content (AvgIpc) is 2.92. The van der Waals surface area contributed by atoms with Gasteiger partial charge in [-0.1, -0.05) is 13.8 Å². The summed E-state index contributed by atoms with van der Waals surface area (Å²) >= 11 is 0. The van der Waals surface area contributed by atoms with Gasteiger partial charge in [-0.05, 0) is 80.0 Å². The lowest BCUT2D eigenvalue weighted by Gasteiger charge is -2.62. The van der Waals surface area contributed by atoms with Gasteiger partial charge in [0.15, 0.2) is 0 Å². The SMILES string of the molecule is CCOC(=O)C[C@H]1C[C@H]2NC(=O)CC[C@]2(C)C2CC[C@@]3(C)C(CC[C@@H]3O)C21. The van der Waals surface area contributed by atoms with E-state index >= 15 is 0 Å². The number of hydrogen-bond acceptors (Lipinski definition) is 4. The Balaban J connectivity index is 1.68. The van der Waals surface area contributed by atoms with Crippen LogP contribution >= 0.6 is 0 Å². The summed E-state index contributed by atoms with van der Waals surface area (Å²) in [5.41, 5.74) is 0.0911. The lowest BCUT2D eigenvalue weighted by atomic mass is 9.45. The van der Waals surface area contributed by atoms with E-state index < -0.39 is 0 Å². The van der Waals surface area contributed by atoms with Gasteiger partial charge < -0.3 is 15.2 Å². The van der Waals surface area contributed by atoms with Gasteiger partial charge in [0.1, 0.15) is 0 Å². The first kappa shape index (κ1) is 19.2. The van der Waals surface area contributed by atoms with E-state index in [1.807, 2.05) is 6.92 Å². The predicted molar refractivity (Wildman–Crippen MR) is 102 cm³/mol. The van der Waals surface area contributed by atoms with E-state index in [2.05, 4.69) is 19.2 Å². The zero-order valence-electron chi connectivity index (χ0n) is 17.0. The molecule has 5 nitrogen and oxygen atoms in total. The largest absolute Gasteiger partial charge is 0.466 e. The summed E-state index contributed by atoms with van der Waals surface area (Å²) in [5, 5.41) is 14.0. The molecule has 0 radical (unpaired) electrons. The number of carbonyl (C=O) groups excluding carboxylic acids is 2. The molecule has 3 aliphatic carbocycles. The highest BCUT2D eigenvalue weighted by atomic mass is 16.5. The Morgan fingerprint density at radius 2 is 1.93 bits per heavy atom. The number of esters is 1. The first-order chi connectivity index (χ1) is 12.8. The van der Waals surface area contributed by atoms with E-state index in [1.54, 1.807) is 0 Å². The normalized spacial score (nSPS) is 48.8. The molecule has 8 atom stereocenters. The van der Waals surface area contributed by atoms with E-state index in [0.717, 1.165) is 38.5 Å². The van der Waals surface area contributed by atoms with Gasteiger partial charge in [0.05, 0.1) is 12.7 Å². The van der Waals surface area contributed by atoms with E-state index in [0.29, 0.717) is 37.2 Å². The van der Waals surface area contributed by atoms with E-state index in [1.165, 1.54) is 0 Å². The molecule has 0 aromatic rings. The van der Waals surface area contributed by atoms with Crippen molar-refractivity contribution >= 4 is 11.9 Å². The molecule has 3 unspecified atom stereocenters. The fourth-order valence-corrected chi connectivity index (χ4v) is 7.47. The Labute approximate surface area is 162 Å². The van der Waals surface area contributed by atoms with Crippen molar-refractivity contribution in [3.8, 4) is 0 Å². The Kier molecular flexibility index (Phi) is 4.81. The molecule has 152 valence electrons. The predicted octanol–water partition coefficient (Wildman–Crippen LogP) is 3.05. The van der Waals surface area contributed by atoms with Crippen LogP contribution in [-0.4, -0.2) is 35.7 Å². The van der Waals surface area contributed by atoms with Gasteiger partial charge in [0, 0.05) is 18.9 Å². The van der Waals surface area contributed by atoms with E-state index in [4.69, 9.17) is 4.74 Å². The van der Waals surface area contributed by atoms with Crippen molar-refractivity contribution in [3.63, 3.8) is 0 Å². The second kappa shape index (κ2) is 6.75. The number of piperidine rings is 1. The molecule has 5 heteroatoms. The van der Waals surface area contributed by atoms with Gasteiger partial charge in [-0.3, -0.25) is 9.59 Å². The van der Waals surface area contributed by atoms with Crippen molar-refractivity contribution in [3.05, 3.63) is 0 Å². The van der Waals surface area contributed by atoms with Crippen LogP contribution < -0.4 is 5.32 Å². The fourth-order valence-electron chi connectivity index (χ4n) is 7.47. The minimum atomic E-state index is -0.219. The number of aliphatic hydroxyl groups excluding tert-OH is 1. The Hall–Kier alpha value is -1.10. The van der Waals surface area contributed by atoms with Gasteiger partial charge in [-0.15, -0.1) is 0 Å². The molecule has 1 saturated heterocycles. The standard InChI is InChI=1S/C22H35NO4/c1-4-27-19(26)12-13-11-16-21(2,10-8-18(25)23-16)15-7-9-22(3)14(20(13)15)5-6-17(22)24/h13-17,20,24H,4-12H2,1-3H3,(H,23,25)/t13-,14?,15?,16-,17+,20?,21-,22+/m1/s1. The fraction of sp³-hybridized carbons (Fsp3) is 0.909. The molecular weight excluding hydrogens is 342 g/mol. The quantitative estimate of drug-likeness (QED) is 0.741. The monoisotopic (exact) mass is 377 g/mol. The van der Waals surface area contributed by atoms with Crippen molar-refractivity contribution in [2.24, 2.45) is 34.5 Å². The van der Waals surface area contributed by atoms with E-state index in [9.17, 15) is 14.7 Å². The molecule has 4 fully saturated rings. The number of fused-ring (bicyclic) bond motifs is 5. The maximum absolute atomic E-state index is 12.4. The van der Waals surface area contributed by atoms with Crippen molar-refractivity contribution in [1.29, 1.82) is 0 Å². The third-order valence-corrected chi connectivity index (χ3v) is 8.97. The van der Waals surface area contributed by atoms with Gasteiger partial charge >= 0.3 is 5.97 Å². The molecule has 4 aliphatic rings. The molecule has 0 aromatic heterocycles. The van der Waals surface area contributed by atoms with Gasteiger partial charge in [0.2, 0.25) is 5.91 Å². The third-order valence-electron chi connectivity index (χ3n) is 8.97. The topological polar surface area (TPSA) is 75.6 Å². The van der Waals surface area contributed by atoms with Crippen LogP contribution in [0.1, 0.15) is 72.1 Å². The summed E-state index contributed by atoms with van der Waals surface area (Å²) < 4.78 is 5.29. The maximum Gasteiger partial charge on any atom is 0.306 e. The smallest absolute Gasteiger partial charge is 0.306 e. The van der Waals surface area contributed by atoms with Crippen LogP contribution in [0.4, 0.5) is 0 Å². The number of rotatable bonds is 3. The summed E-state index contributed by atoms with van der Waals surface area (Å²) in [5.74, 6) is 1.71. The highest BCUT2D eigenvalue weighted by Gasteiger charge is 2.62. The number of amides is 1. The lowest BCUT2D eigenvalue weighted by molar-refractivity contribution is -0.158. The highest BCUT2D eigenvalue weighted by molar-refractivity contribution is 5.77. The highest BCUT2D eigenvalue weighted by Crippen LogP contribution is 2.65. The molecular formula is C22H35NO4. The van der Waals surface area contributed by atoms with Crippen molar-refractivity contribution in [2.45, 2.75) is 84.3 Å².